The average molecular weight is 291 g/mol. The summed E-state index contributed by atoms with van der Waals surface area (Å²) in [6.45, 7) is 0.195. The Bertz CT molecular complexity index is 637. The first kappa shape index (κ1) is 14.4. The smallest absolute Gasteiger partial charge is 0.358 e. The van der Waals surface area contributed by atoms with Crippen LogP contribution in [0.4, 0.5) is 0 Å². The number of carbonyl (C=O) groups is 2. The molecule has 9 heteroatoms. The van der Waals surface area contributed by atoms with E-state index >= 15 is 0 Å². The van der Waals surface area contributed by atoms with Crippen molar-refractivity contribution in [2.45, 2.75) is 13.1 Å². The molecule has 9 nitrogen and oxygen atoms in total. The summed E-state index contributed by atoms with van der Waals surface area (Å²) < 4.78 is 6.09. The minimum atomic E-state index is -1.19. The molecule has 0 fully saturated rings. The summed E-state index contributed by atoms with van der Waals surface area (Å²) in [4.78, 5) is 26.3. The number of aromatic carboxylic acids is 1. The lowest BCUT2D eigenvalue weighted by Crippen LogP contribution is -2.27. The van der Waals surface area contributed by atoms with Crippen LogP contribution in [0.2, 0.25) is 0 Å². The summed E-state index contributed by atoms with van der Waals surface area (Å²) in [7, 11) is 1.52. The number of nitrogens with one attached hydrogen (secondary N) is 1. The predicted molar refractivity (Wildman–Crippen MR) is 69.6 cm³/mol. The number of nitrogens with zero attached hydrogens (tertiary/aromatic N) is 4. The third kappa shape index (κ3) is 4.00. The van der Waals surface area contributed by atoms with Gasteiger partial charge in [-0.25, -0.2) is 14.5 Å². The molecule has 0 aliphatic rings. The number of pyridine rings is 1. The highest BCUT2D eigenvalue weighted by Gasteiger charge is 2.10. The Labute approximate surface area is 119 Å². The number of methoxy groups -OCH3 is 1. The molecule has 0 aromatic carbocycles. The summed E-state index contributed by atoms with van der Waals surface area (Å²) in [5.74, 6) is -1.01. The molecule has 0 saturated heterocycles. The fourth-order valence-corrected chi connectivity index (χ4v) is 1.51. The van der Waals surface area contributed by atoms with Gasteiger partial charge >= 0.3 is 5.97 Å². The topological polar surface area (TPSA) is 119 Å². The largest absolute Gasteiger partial charge is 0.481 e. The van der Waals surface area contributed by atoms with Crippen molar-refractivity contribution in [2.75, 3.05) is 7.11 Å². The van der Waals surface area contributed by atoms with Crippen molar-refractivity contribution in [1.82, 2.24) is 25.3 Å². The number of rotatable bonds is 6. The molecule has 2 N–H and O–H groups in total. The number of carbonyl (C=O) groups excluding carboxylic acids is 1. The first-order valence-electron chi connectivity index (χ1n) is 5.97. The molecule has 0 atom stereocenters. The number of amides is 1. The van der Waals surface area contributed by atoms with Gasteiger partial charge in [0.25, 0.3) is 0 Å². The second kappa shape index (κ2) is 6.46. The van der Waals surface area contributed by atoms with Gasteiger partial charge in [-0.15, -0.1) is 5.10 Å². The van der Waals surface area contributed by atoms with E-state index in [1.807, 2.05) is 0 Å². The van der Waals surface area contributed by atoms with Crippen molar-refractivity contribution in [1.29, 1.82) is 0 Å². The zero-order chi connectivity index (χ0) is 15.2. The molecular formula is C12H13N5O4. The van der Waals surface area contributed by atoms with Crippen molar-refractivity contribution >= 4 is 11.9 Å². The van der Waals surface area contributed by atoms with Crippen molar-refractivity contribution in [3.8, 4) is 5.88 Å². The van der Waals surface area contributed by atoms with Gasteiger partial charge in [-0.1, -0.05) is 11.3 Å². The van der Waals surface area contributed by atoms with Crippen LogP contribution in [0.15, 0.2) is 24.5 Å². The van der Waals surface area contributed by atoms with Crippen LogP contribution in [-0.4, -0.2) is 44.1 Å². The fourth-order valence-electron chi connectivity index (χ4n) is 1.51. The lowest BCUT2D eigenvalue weighted by Gasteiger charge is -2.05. The van der Waals surface area contributed by atoms with Crippen LogP contribution in [-0.2, 0) is 17.9 Å². The molecule has 2 aromatic heterocycles. The lowest BCUT2D eigenvalue weighted by molar-refractivity contribution is -0.122. The standard InChI is InChI=1S/C12H13N5O4/c1-21-11-3-2-8(5-14-11)4-13-10(18)7-17-6-9(12(19)20)15-16-17/h2-3,5-6H,4,7H2,1H3,(H,13,18)(H,19,20). The number of hydrogen-bond donors (Lipinski definition) is 2. The van der Waals surface area contributed by atoms with Gasteiger partial charge in [0, 0.05) is 18.8 Å². The summed E-state index contributed by atoms with van der Waals surface area (Å²) in [6.07, 6.45) is 2.79. The summed E-state index contributed by atoms with van der Waals surface area (Å²) in [5.41, 5.74) is 0.608. The highest BCUT2D eigenvalue weighted by atomic mass is 16.5. The molecule has 0 aliphatic carbocycles. The maximum atomic E-state index is 11.7. The van der Waals surface area contributed by atoms with Crippen molar-refractivity contribution in [3.63, 3.8) is 0 Å². The second-order valence-corrected chi connectivity index (χ2v) is 4.09. The van der Waals surface area contributed by atoms with Gasteiger partial charge in [-0.05, 0) is 5.56 Å². The zero-order valence-electron chi connectivity index (χ0n) is 11.2. The normalized spacial score (nSPS) is 10.1. The van der Waals surface area contributed by atoms with Gasteiger partial charge in [-0.3, -0.25) is 4.79 Å². The molecule has 0 unspecified atom stereocenters. The van der Waals surface area contributed by atoms with E-state index in [-0.39, 0.29) is 18.1 Å². The van der Waals surface area contributed by atoms with Crippen molar-refractivity contribution in [3.05, 3.63) is 35.8 Å². The third-order valence-electron chi connectivity index (χ3n) is 2.56. The molecule has 0 bridgehead atoms. The number of aromatic nitrogens is 4. The summed E-state index contributed by atoms with van der Waals surface area (Å²) in [6, 6.07) is 3.47. The molecule has 110 valence electrons. The molecule has 2 aromatic rings. The Morgan fingerprint density at radius 1 is 1.43 bits per heavy atom. The maximum absolute atomic E-state index is 11.7. The molecule has 2 heterocycles. The monoisotopic (exact) mass is 291 g/mol. The Balaban J connectivity index is 1.84. The number of carboxylic acid groups (broad SMARTS) is 1. The van der Waals surface area contributed by atoms with Crippen molar-refractivity contribution in [2.24, 2.45) is 0 Å². The highest BCUT2D eigenvalue weighted by molar-refractivity contribution is 5.84. The van der Waals surface area contributed by atoms with Crippen LogP contribution in [0.3, 0.4) is 0 Å². The van der Waals surface area contributed by atoms with Crippen LogP contribution < -0.4 is 10.1 Å². The summed E-state index contributed by atoms with van der Waals surface area (Å²) >= 11 is 0. The zero-order valence-corrected chi connectivity index (χ0v) is 11.2. The van der Waals surface area contributed by atoms with E-state index < -0.39 is 5.97 Å². The lowest BCUT2D eigenvalue weighted by atomic mass is 10.3. The van der Waals surface area contributed by atoms with Crippen LogP contribution in [0.5, 0.6) is 5.88 Å². The molecular weight excluding hydrogens is 278 g/mol. The van der Waals surface area contributed by atoms with Crippen LogP contribution >= 0.6 is 0 Å². The minimum Gasteiger partial charge on any atom is -0.481 e. The van der Waals surface area contributed by atoms with E-state index in [9.17, 15) is 9.59 Å². The molecule has 0 aliphatic heterocycles. The van der Waals surface area contributed by atoms with E-state index in [0.717, 1.165) is 10.2 Å². The van der Waals surface area contributed by atoms with Gasteiger partial charge in [0.05, 0.1) is 13.3 Å². The van der Waals surface area contributed by atoms with Crippen molar-refractivity contribution < 1.29 is 19.4 Å². The SMILES string of the molecule is COc1ccc(CNC(=O)Cn2cc(C(=O)O)nn2)cn1. The average Bonchev–Trinajstić information content (AvgIpc) is 2.94. The van der Waals surface area contributed by atoms with Gasteiger partial charge in [0.2, 0.25) is 11.8 Å². The van der Waals surface area contributed by atoms with E-state index in [0.29, 0.717) is 12.4 Å². The third-order valence-corrected chi connectivity index (χ3v) is 2.56. The molecule has 2 rings (SSSR count). The molecule has 0 spiro atoms. The van der Waals surface area contributed by atoms with Crippen LogP contribution in [0, 0.1) is 0 Å². The quantitative estimate of drug-likeness (QED) is 0.749. The number of ether oxygens (including phenoxy) is 1. The van der Waals surface area contributed by atoms with Gasteiger partial charge in [0.15, 0.2) is 5.69 Å². The van der Waals surface area contributed by atoms with Gasteiger partial charge < -0.3 is 15.2 Å². The first-order chi connectivity index (χ1) is 10.1. The Kier molecular flexibility index (Phi) is 4.44. The second-order valence-electron chi connectivity index (χ2n) is 4.09. The molecule has 1 amide bonds. The Morgan fingerprint density at radius 3 is 2.81 bits per heavy atom. The number of hydrogen-bond acceptors (Lipinski definition) is 6. The van der Waals surface area contributed by atoms with Crippen LogP contribution in [0.25, 0.3) is 0 Å². The molecule has 0 saturated carbocycles. The first-order valence-corrected chi connectivity index (χ1v) is 5.97. The van der Waals surface area contributed by atoms with Gasteiger partial charge in [-0.2, -0.15) is 0 Å². The fraction of sp³-hybridized carbons (Fsp3) is 0.250. The Hall–Kier alpha value is -2.97. The van der Waals surface area contributed by atoms with Crippen LogP contribution in [0.1, 0.15) is 16.1 Å². The van der Waals surface area contributed by atoms with E-state index in [1.165, 1.54) is 13.3 Å². The van der Waals surface area contributed by atoms with E-state index in [4.69, 9.17) is 9.84 Å². The van der Waals surface area contributed by atoms with Gasteiger partial charge in [0.1, 0.15) is 6.54 Å². The minimum absolute atomic E-state index is 0.107. The predicted octanol–water partition coefficient (Wildman–Crippen LogP) is -0.304. The van der Waals surface area contributed by atoms with E-state index in [1.54, 1.807) is 18.3 Å². The maximum Gasteiger partial charge on any atom is 0.358 e. The summed E-state index contributed by atoms with van der Waals surface area (Å²) in [5, 5.41) is 18.3. The number of carboxylic acids is 1. The van der Waals surface area contributed by atoms with E-state index in [2.05, 4.69) is 20.6 Å². The highest BCUT2D eigenvalue weighted by Crippen LogP contribution is 2.06. The molecule has 0 radical (unpaired) electrons. The molecule has 21 heavy (non-hydrogen) atoms. The Morgan fingerprint density at radius 2 is 2.24 bits per heavy atom.